The van der Waals surface area contributed by atoms with Gasteiger partial charge in [0.25, 0.3) is 0 Å². The maximum atomic E-state index is 6.29. The normalized spacial score (nSPS) is 19.1. The van der Waals surface area contributed by atoms with Crippen molar-refractivity contribution in [2.24, 2.45) is 5.41 Å². The van der Waals surface area contributed by atoms with Gasteiger partial charge in [0.05, 0.1) is 5.69 Å². The van der Waals surface area contributed by atoms with Crippen molar-refractivity contribution < 1.29 is 0 Å². The summed E-state index contributed by atoms with van der Waals surface area (Å²) in [5.74, 6) is 0.795. The molecule has 1 heterocycles. The lowest BCUT2D eigenvalue weighted by atomic mass is 9.72. The summed E-state index contributed by atoms with van der Waals surface area (Å²) in [5, 5.41) is 4.65. The maximum Gasteiger partial charge on any atom is 0.0624 e. The van der Waals surface area contributed by atoms with E-state index in [2.05, 4.69) is 29.7 Å². The quantitative estimate of drug-likeness (QED) is 0.732. The summed E-state index contributed by atoms with van der Waals surface area (Å²) in [7, 11) is 0. The van der Waals surface area contributed by atoms with Crippen molar-refractivity contribution in [1.82, 2.24) is 9.78 Å². The maximum absolute atomic E-state index is 6.29. The zero-order valence-electron chi connectivity index (χ0n) is 11.7. The lowest BCUT2D eigenvalue weighted by Crippen LogP contribution is -2.29. The standard InChI is InChI=1S/C15H25ClN2/c1-3-13-10-14(18(4-2)17-13)11-15(12-16)8-6-5-7-9-15/h10H,3-9,11-12H2,1-2H3. The Morgan fingerprint density at radius 3 is 2.56 bits per heavy atom. The predicted molar refractivity (Wildman–Crippen MR) is 77.2 cm³/mol. The van der Waals surface area contributed by atoms with Gasteiger partial charge in [-0.2, -0.15) is 5.10 Å². The molecule has 1 saturated carbocycles. The monoisotopic (exact) mass is 268 g/mol. The lowest BCUT2D eigenvalue weighted by Gasteiger charge is -2.35. The van der Waals surface area contributed by atoms with Crippen molar-refractivity contribution in [1.29, 1.82) is 0 Å². The molecule has 0 unspecified atom stereocenters. The molecule has 18 heavy (non-hydrogen) atoms. The van der Waals surface area contributed by atoms with Crippen LogP contribution in [0.1, 0.15) is 57.3 Å². The van der Waals surface area contributed by atoms with Crippen LogP contribution in [0.15, 0.2) is 6.07 Å². The van der Waals surface area contributed by atoms with E-state index in [1.165, 1.54) is 43.5 Å². The highest BCUT2D eigenvalue weighted by molar-refractivity contribution is 6.18. The summed E-state index contributed by atoms with van der Waals surface area (Å²) in [6.45, 7) is 5.31. The number of alkyl halides is 1. The van der Waals surface area contributed by atoms with E-state index in [9.17, 15) is 0 Å². The lowest BCUT2D eigenvalue weighted by molar-refractivity contribution is 0.214. The molecule has 2 rings (SSSR count). The van der Waals surface area contributed by atoms with Crippen molar-refractivity contribution in [3.8, 4) is 0 Å². The highest BCUT2D eigenvalue weighted by Gasteiger charge is 2.32. The Balaban J connectivity index is 2.17. The number of rotatable bonds is 5. The van der Waals surface area contributed by atoms with Gasteiger partial charge in [0.2, 0.25) is 0 Å². The zero-order chi connectivity index (χ0) is 13.0. The van der Waals surface area contributed by atoms with Crippen LogP contribution in [0.25, 0.3) is 0 Å². The third-order valence-electron chi connectivity index (χ3n) is 4.33. The third kappa shape index (κ3) is 2.90. The van der Waals surface area contributed by atoms with Gasteiger partial charge in [-0.1, -0.05) is 26.2 Å². The minimum atomic E-state index is 0.331. The summed E-state index contributed by atoms with van der Waals surface area (Å²) in [6, 6.07) is 2.28. The second-order valence-corrected chi connectivity index (χ2v) is 5.93. The molecule has 0 amide bonds. The summed E-state index contributed by atoms with van der Waals surface area (Å²) >= 11 is 6.29. The van der Waals surface area contributed by atoms with Crippen LogP contribution in [0.4, 0.5) is 0 Å². The Morgan fingerprint density at radius 2 is 2.00 bits per heavy atom. The molecule has 1 fully saturated rings. The fourth-order valence-electron chi connectivity index (χ4n) is 3.15. The van der Waals surface area contributed by atoms with E-state index in [1.54, 1.807) is 0 Å². The van der Waals surface area contributed by atoms with E-state index < -0.39 is 0 Å². The molecule has 0 saturated heterocycles. The zero-order valence-corrected chi connectivity index (χ0v) is 12.5. The van der Waals surface area contributed by atoms with Crippen LogP contribution in [-0.4, -0.2) is 15.7 Å². The van der Waals surface area contributed by atoms with E-state index in [1.807, 2.05) is 0 Å². The van der Waals surface area contributed by atoms with Crippen LogP contribution in [0.5, 0.6) is 0 Å². The Morgan fingerprint density at radius 1 is 1.28 bits per heavy atom. The second kappa shape index (κ2) is 6.10. The van der Waals surface area contributed by atoms with E-state index in [-0.39, 0.29) is 0 Å². The first-order valence-corrected chi connectivity index (χ1v) is 7.88. The molecule has 1 aliphatic carbocycles. The van der Waals surface area contributed by atoms with Gasteiger partial charge in [0, 0.05) is 18.1 Å². The van der Waals surface area contributed by atoms with E-state index >= 15 is 0 Å². The number of hydrogen-bond donors (Lipinski definition) is 0. The summed E-state index contributed by atoms with van der Waals surface area (Å²) in [6.07, 6.45) is 8.76. The highest BCUT2D eigenvalue weighted by Crippen LogP contribution is 2.40. The first-order valence-electron chi connectivity index (χ1n) is 7.34. The SMILES string of the molecule is CCc1cc(CC2(CCl)CCCCC2)n(CC)n1. The number of aromatic nitrogens is 2. The largest absolute Gasteiger partial charge is 0.270 e. The molecule has 102 valence electrons. The molecule has 0 N–H and O–H groups in total. The molecule has 0 spiro atoms. The predicted octanol–water partition coefficient (Wildman–Crippen LogP) is 4.20. The van der Waals surface area contributed by atoms with Gasteiger partial charge in [0.15, 0.2) is 0 Å². The van der Waals surface area contributed by atoms with Gasteiger partial charge < -0.3 is 0 Å². The summed E-state index contributed by atoms with van der Waals surface area (Å²) in [4.78, 5) is 0. The van der Waals surface area contributed by atoms with Crippen molar-refractivity contribution >= 4 is 11.6 Å². The van der Waals surface area contributed by atoms with E-state index in [4.69, 9.17) is 11.6 Å². The number of aryl methyl sites for hydroxylation is 2. The Bertz CT molecular complexity index is 378. The van der Waals surface area contributed by atoms with Crippen molar-refractivity contribution in [3.05, 3.63) is 17.5 Å². The fraction of sp³-hybridized carbons (Fsp3) is 0.800. The van der Waals surface area contributed by atoms with Gasteiger partial charge >= 0.3 is 0 Å². The van der Waals surface area contributed by atoms with Crippen molar-refractivity contribution in [2.75, 3.05) is 5.88 Å². The number of halogens is 1. The average Bonchev–Trinajstić information content (AvgIpc) is 2.82. The van der Waals surface area contributed by atoms with Crippen molar-refractivity contribution in [3.63, 3.8) is 0 Å². The Kier molecular flexibility index (Phi) is 4.71. The molecule has 0 radical (unpaired) electrons. The molecular formula is C15H25ClN2. The first-order chi connectivity index (χ1) is 8.73. The van der Waals surface area contributed by atoms with Gasteiger partial charge in [0.1, 0.15) is 0 Å². The van der Waals surface area contributed by atoms with E-state index in [0.29, 0.717) is 5.41 Å². The van der Waals surface area contributed by atoms with Crippen LogP contribution >= 0.6 is 11.6 Å². The molecule has 0 aromatic carbocycles. The molecule has 2 nitrogen and oxygen atoms in total. The molecule has 0 aliphatic heterocycles. The molecule has 1 aromatic heterocycles. The molecule has 3 heteroatoms. The Hall–Kier alpha value is -0.500. The molecule has 1 aliphatic rings. The smallest absolute Gasteiger partial charge is 0.0624 e. The third-order valence-corrected chi connectivity index (χ3v) is 4.90. The number of hydrogen-bond acceptors (Lipinski definition) is 1. The van der Waals surface area contributed by atoms with Crippen LogP contribution in [0.2, 0.25) is 0 Å². The first kappa shape index (κ1) is 13.9. The van der Waals surface area contributed by atoms with Gasteiger partial charge in [-0.3, -0.25) is 4.68 Å². The van der Waals surface area contributed by atoms with Crippen LogP contribution in [0, 0.1) is 5.41 Å². The van der Waals surface area contributed by atoms with Gasteiger partial charge in [-0.05, 0) is 44.1 Å². The second-order valence-electron chi connectivity index (χ2n) is 5.67. The molecule has 0 atom stereocenters. The Labute approximate surface area is 116 Å². The van der Waals surface area contributed by atoms with Crippen molar-refractivity contribution in [2.45, 2.75) is 65.3 Å². The van der Waals surface area contributed by atoms with Gasteiger partial charge in [-0.15, -0.1) is 11.6 Å². The van der Waals surface area contributed by atoms with Crippen LogP contribution < -0.4 is 0 Å². The minimum absolute atomic E-state index is 0.331. The minimum Gasteiger partial charge on any atom is -0.270 e. The average molecular weight is 269 g/mol. The van der Waals surface area contributed by atoms with E-state index in [0.717, 1.165) is 25.3 Å². The number of nitrogens with zero attached hydrogens (tertiary/aromatic N) is 2. The molecule has 1 aromatic rings. The molecule has 0 bridgehead atoms. The topological polar surface area (TPSA) is 17.8 Å². The summed E-state index contributed by atoms with van der Waals surface area (Å²) in [5.41, 5.74) is 2.93. The van der Waals surface area contributed by atoms with Crippen LogP contribution in [-0.2, 0) is 19.4 Å². The fourth-order valence-corrected chi connectivity index (χ4v) is 3.51. The highest BCUT2D eigenvalue weighted by atomic mass is 35.5. The van der Waals surface area contributed by atoms with Gasteiger partial charge in [-0.25, -0.2) is 0 Å². The molecular weight excluding hydrogens is 244 g/mol. The summed E-state index contributed by atoms with van der Waals surface area (Å²) < 4.78 is 2.17. The van der Waals surface area contributed by atoms with Crippen LogP contribution in [0.3, 0.4) is 0 Å².